The van der Waals surface area contributed by atoms with Crippen LogP contribution in [0.25, 0.3) is 0 Å². The molecule has 0 bridgehead atoms. The summed E-state index contributed by atoms with van der Waals surface area (Å²) in [6.45, 7) is 3.01. The molecular formula is C6H13ClO3. The third-order valence-corrected chi connectivity index (χ3v) is 1.01. The Kier molecular flexibility index (Phi) is 7.40. The van der Waals surface area contributed by atoms with E-state index in [0.29, 0.717) is 19.1 Å². The van der Waals surface area contributed by atoms with Gasteiger partial charge in [0.25, 0.3) is 0 Å². The van der Waals surface area contributed by atoms with Crippen molar-refractivity contribution < 1.29 is 14.6 Å². The highest BCUT2D eigenvalue weighted by molar-refractivity contribution is 6.17. The summed E-state index contributed by atoms with van der Waals surface area (Å²) in [5.74, 6) is 0.392. The highest BCUT2D eigenvalue weighted by Gasteiger charge is 2.01. The zero-order valence-corrected chi connectivity index (χ0v) is 6.80. The van der Waals surface area contributed by atoms with Gasteiger partial charge in [-0.1, -0.05) is 0 Å². The number of ether oxygens (including phenoxy) is 2. The smallest absolute Gasteiger partial charge is 0.178 e. The van der Waals surface area contributed by atoms with E-state index in [2.05, 4.69) is 0 Å². The van der Waals surface area contributed by atoms with E-state index < -0.39 is 6.29 Å². The van der Waals surface area contributed by atoms with Gasteiger partial charge >= 0.3 is 0 Å². The molecule has 3 nitrogen and oxygen atoms in total. The topological polar surface area (TPSA) is 38.7 Å². The van der Waals surface area contributed by atoms with Gasteiger partial charge in [-0.15, -0.1) is 11.6 Å². The molecule has 62 valence electrons. The van der Waals surface area contributed by atoms with Crippen molar-refractivity contribution in [1.29, 1.82) is 0 Å². The summed E-state index contributed by atoms with van der Waals surface area (Å²) < 4.78 is 9.67. The Morgan fingerprint density at radius 1 is 1.60 bits per heavy atom. The SMILES string of the molecule is CCOCC(O)OCCCl. The monoisotopic (exact) mass is 168 g/mol. The molecule has 0 aromatic carbocycles. The molecular weight excluding hydrogens is 156 g/mol. The molecule has 0 saturated heterocycles. The van der Waals surface area contributed by atoms with Crippen LogP contribution < -0.4 is 0 Å². The van der Waals surface area contributed by atoms with Crippen LogP contribution in [0.3, 0.4) is 0 Å². The van der Waals surface area contributed by atoms with E-state index in [9.17, 15) is 0 Å². The summed E-state index contributed by atoms with van der Waals surface area (Å²) in [6, 6.07) is 0. The minimum Gasteiger partial charge on any atom is -0.376 e. The lowest BCUT2D eigenvalue weighted by Crippen LogP contribution is -2.20. The van der Waals surface area contributed by atoms with Gasteiger partial charge in [0.2, 0.25) is 0 Å². The van der Waals surface area contributed by atoms with Crippen LogP contribution in [0.4, 0.5) is 0 Å². The number of hydrogen-bond acceptors (Lipinski definition) is 3. The normalized spacial score (nSPS) is 13.5. The van der Waals surface area contributed by atoms with Crippen molar-refractivity contribution in [1.82, 2.24) is 0 Å². The van der Waals surface area contributed by atoms with Crippen LogP contribution in [-0.2, 0) is 9.47 Å². The maximum atomic E-state index is 8.91. The Labute approximate surface area is 65.9 Å². The third-order valence-electron chi connectivity index (χ3n) is 0.852. The maximum absolute atomic E-state index is 8.91. The Hall–Kier alpha value is 0.170. The predicted molar refractivity (Wildman–Crippen MR) is 39.2 cm³/mol. The second kappa shape index (κ2) is 7.28. The molecule has 0 amide bonds. The zero-order chi connectivity index (χ0) is 7.82. The maximum Gasteiger partial charge on any atom is 0.178 e. The average Bonchev–Trinajstić information content (AvgIpc) is 1.97. The third kappa shape index (κ3) is 6.29. The number of alkyl halides is 1. The molecule has 1 unspecified atom stereocenters. The van der Waals surface area contributed by atoms with Crippen molar-refractivity contribution in [2.24, 2.45) is 0 Å². The van der Waals surface area contributed by atoms with Gasteiger partial charge in [0.15, 0.2) is 6.29 Å². The molecule has 0 fully saturated rings. The zero-order valence-electron chi connectivity index (χ0n) is 6.05. The van der Waals surface area contributed by atoms with E-state index in [1.54, 1.807) is 0 Å². The van der Waals surface area contributed by atoms with E-state index in [-0.39, 0.29) is 6.61 Å². The summed E-state index contributed by atoms with van der Waals surface area (Å²) in [5.41, 5.74) is 0. The summed E-state index contributed by atoms with van der Waals surface area (Å²) in [6.07, 6.45) is -0.835. The fourth-order valence-electron chi connectivity index (χ4n) is 0.447. The molecule has 4 heteroatoms. The van der Waals surface area contributed by atoms with Gasteiger partial charge in [-0.3, -0.25) is 0 Å². The second-order valence-corrected chi connectivity index (χ2v) is 2.05. The van der Waals surface area contributed by atoms with Crippen molar-refractivity contribution in [3.8, 4) is 0 Å². The number of aliphatic hydroxyl groups excluding tert-OH is 1. The van der Waals surface area contributed by atoms with Crippen molar-refractivity contribution in [3.63, 3.8) is 0 Å². The van der Waals surface area contributed by atoms with E-state index >= 15 is 0 Å². The van der Waals surface area contributed by atoms with Gasteiger partial charge in [0.05, 0.1) is 13.2 Å². The molecule has 0 radical (unpaired) electrons. The Bertz CT molecular complexity index is 62.0. The Morgan fingerprint density at radius 3 is 2.80 bits per heavy atom. The first-order chi connectivity index (χ1) is 4.81. The van der Waals surface area contributed by atoms with Crippen LogP contribution in [0.1, 0.15) is 6.92 Å². The summed E-state index contributed by atoms with van der Waals surface area (Å²) in [4.78, 5) is 0. The molecule has 0 aliphatic carbocycles. The molecule has 0 aromatic heterocycles. The number of hydrogen-bond donors (Lipinski definition) is 1. The van der Waals surface area contributed by atoms with Crippen molar-refractivity contribution in [2.75, 3.05) is 25.7 Å². The van der Waals surface area contributed by atoms with Gasteiger partial charge in [-0.25, -0.2) is 0 Å². The molecule has 0 heterocycles. The largest absolute Gasteiger partial charge is 0.376 e. The molecule has 0 aromatic rings. The first-order valence-corrected chi connectivity index (χ1v) is 3.78. The van der Waals surface area contributed by atoms with Crippen LogP contribution in [0.15, 0.2) is 0 Å². The number of halogens is 1. The highest BCUT2D eigenvalue weighted by Crippen LogP contribution is 1.89. The lowest BCUT2D eigenvalue weighted by atomic mass is 10.6. The number of rotatable bonds is 6. The Balaban J connectivity index is 3.00. The predicted octanol–water partition coefficient (Wildman–Crippen LogP) is 0.597. The molecule has 1 atom stereocenters. The van der Waals surface area contributed by atoms with Crippen LogP contribution in [0, 0.1) is 0 Å². The fourth-order valence-corrected chi connectivity index (χ4v) is 0.536. The molecule has 10 heavy (non-hydrogen) atoms. The van der Waals surface area contributed by atoms with Gasteiger partial charge in [-0.05, 0) is 6.92 Å². The lowest BCUT2D eigenvalue weighted by molar-refractivity contribution is -0.132. The molecule has 0 rings (SSSR count). The van der Waals surface area contributed by atoms with Gasteiger partial charge < -0.3 is 14.6 Å². The Morgan fingerprint density at radius 2 is 2.30 bits per heavy atom. The van der Waals surface area contributed by atoms with Crippen LogP contribution in [0.2, 0.25) is 0 Å². The summed E-state index contributed by atoms with van der Waals surface area (Å²) in [5, 5.41) is 8.91. The average molecular weight is 169 g/mol. The quantitative estimate of drug-likeness (QED) is 0.466. The van der Waals surface area contributed by atoms with E-state index in [4.69, 9.17) is 26.2 Å². The molecule has 0 aliphatic heterocycles. The van der Waals surface area contributed by atoms with Crippen LogP contribution >= 0.6 is 11.6 Å². The standard InChI is InChI=1S/C6H13ClO3/c1-2-9-5-6(8)10-4-3-7/h6,8H,2-5H2,1H3. The first-order valence-electron chi connectivity index (χ1n) is 3.24. The molecule has 0 spiro atoms. The van der Waals surface area contributed by atoms with E-state index in [1.807, 2.05) is 6.92 Å². The van der Waals surface area contributed by atoms with Crippen LogP contribution in [0.5, 0.6) is 0 Å². The van der Waals surface area contributed by atoms with Crippen molar-refractivity contribution in [3.05, 3.63) is 0 Å². The lowest BCUT2D eigenvalue weighted by Gasteiger charge is -2.09. The summed E-state index contributed by atoms with van der Waals surface area (Å²) in [7, 11) is 0. The van der Waals surface area contributed by atoms with Gasteiger partial charge in [-0.2, -0.15) is 0 Å². The highest BCUT2D eigenvalue weighted by atomic mass is 35.5. The number of aliphatic hydroxyl groups is 1. The second-order valence-electron chi connectivity index (χ2n) is 1.67. The van der Waals surface area contributed by atoms with Crippen molar-refractivity contribution >= 4 is 11.6 Å². The summed E-state index contributed by atoms with van der Waals surface area (Å²) >= 11 is 5.30. The minimum atomic E-state index is -0.835. The van der Waals surface area contributed by atoms with Crippen LogP contribution in [-0.4, -0.2) is 37.1 Å². The molecule has 0 aliphatic rings. The van der Waals surface area contributed by atoms with Crippen molar-refractivity contribution in [2.45, 2.75) is 13.2 Å². The molecule has 1 N–H and O–H groups in total. The van der Waals surface area contributed by atoms with Gasteiger partial charge in [0.1, 0.15) is 0 Å². The minimum absolute atomic E-state index is 0.216. The van der Waals surface area contributed by atoms with E-state index in [0.717, 1.165) is 0 Å². The van der Waals surface area contributed by atoms with E-state index in [1.165, 1.54) is 0 Å². The first kappa shape index (κ1) is 10.2. The van der Waals surface area contributed by atoms with Gasteiger partial charge in [0, 0.05) is 12.5 Å². The molecule has 0 saturated carbocycles. The fraction of sp³-hybridized carbons (Fsp3) is 1.00.